The Balaban J connectivity index is 1.73. The van der Waals surface area contributed by atoms with Crippen molar-refractivity contribution in [1.29, 1.82) is 0 Å². The monoisotopic (exact) mass is 318 g/mol. The Morgan fingerprint density at radius 3 is 2.87 bits per heavy atom. The number of aliphatic hydroxyl groups is 1. The van der Waals surface area contributed by atoms with Gasteiger partial charge in [-0.25, -0.2) is 0 Å². The second-order valence-corrected chi connectivity index (χ2v) is 5.64. The van der Waals surface area contributed by atoms with E-state index in [9.17, 15) is 14.4 Å². The summed E-state index contributed by atoms with van der Waals surface area (Å²) >= 11 is 0. The van der Waals surface area contributed by atoms with Gasteiger partial charge in [0.1, 0.15) is 11.8 Å². The van der Waals surface area contributed by atoms with E-state index in [1.807, 2.05) is 0 Å². The van der Waals surface area contributed by atoms with Crippen molar-refractivity contribution in [2.24, 2.45) is 0 Å². The molecule has 2 N–H and O–H groups in total. The molecule has 23 heavy (non-hydrogen) atoms. The van der Waals surface area contributed by atoms with Crippen molar-refractivity contribution in [3.63, 3.8) is 0 Å². The Kier molecular flexibility index (Phi) is 4.29. The van der Waals surface area contributed by atoms with Gasteiger partial charge >= 0.3 is 0 Å². The zero-order chi connectivity index (χ0) is 16.4. The highest BCUT2D eigenvalue weighted by atomic mass is 16.5. The lowest BCUT2D eigenvalue weighted by Gasteiger charge is -2.29. The Hall–Kier alpha value is -2.41. The van der Waals surface area contributed by atoms with Gasteiger partial charge in [-0.1, -0.05) is 0 Å². The van der Waals surface area contributed by atoms with Gasteiger partial charge in [0.2, 0.25) is 11.8 Å². The van der Waals surface area contributed by atoms with Crippen LogP contribution in [0.1, 0.15) is 35.2 Å². The first-order chi connectivity index (χ1) is 11.1. The minimum absolute atomic E-state index is 0.0622. The van der Waals surface area contributed by atoms with E-state index in [4.69, 9.17) is 9.84 Å². The molecule has 2 aliphatic heterocycles. The number of ether oxygens (including phenoxy) is 1. The van der Waals surface area contributed by atoms with Gasteiger partial charge < -0.3 is 14.7 Å². The van der Waals surface area contributed by atoms with Crippen LogP contribution in [0.2, 0.25) is 0 Å². The van der Waals surface area contributed by atoms with Crippen LogP contribution < -0.4 is 10.1 Å². The topological polar surface area (TPSA) is 95.9 Å². The van der Waals surface area contributed by atoms with Crippen LogP contribution in [0, 0.1) is 0 Å². The predicted octanol–water partition coefficient (Wildman–Crippen LogP) is 0.209. The lowest BCUT2D eigenvalue weighted by atomic mass is 10.0. The molecule has 1 aromatic carbocycles. The fraction of sp³-hybridized carbons (Fsp3) is 0.438. The van der Waals surface area contributed by atoms with Crippen molar-refractivity contribution < 1.29 is 24.2 Å². The van der Waals surface area contributed by atoms with E-state index in [0.29, 0.717) is 37.3 Å². The lowest BCUT2D eigenvalue weighted by Crippen LogP contribution is -2.52. The van der Waals surface area contributed by atoms with Crippen LogP contribution in [-0.2, 0) is 16.1 Å². The smallest absolute Gasteiger partial charge is 0.255 e. The zero-order valence-corrected chi connectivity index (χ0v) is 12.6. The summed E-state index contributed by atoms with van der Waals surface area (Å²) in [7, 11) is 0. The molecule has 0 spiro atoms. The van der Waals surface area contributed by atoms with E-state index in [1.54, 1.807) is 18.2 Å². The molecule has 0 aromatic heterocycles. The quantitative estimate of drug-likeness (QED) is 0.597. The molecule has 7 nitrogen and oxygen atoms in total. The van der Waals surface area contributed by atoms with Gasteiger partial charge in [0.15, 0.2) is 0 Å². The number of benzene rings is 1. The number of nitrogens with one attached hydrogen (secondary N) is 1. The third-order valence-electron chi connectivity index (χ3n) is 4.07. The molecule has 1 saturated heterocycles. The van der Waals surface area contributed by atoms with Crippen LogP contribution in [0.15, 0.2) is 18.2 Å². The standard InChI is InChI=1S/C16H18N2O5/c19-6-1-7-23-11-2-3-12-10(8-11)9-18(16(12)22)13-4-5-14(20)17-15(13)21/h2-3,8,13,19H,1,4-7,9H2,(H,17,20,21). The minimum Gasteiger partial charge on any atom is -0.493 e. The predicted molar refractivity (Wildman–Crippen MR) is 79.7 cm³/mol. The molecule has 1 atom stereocenters. The van der Waals surface area contributed by atoms with Gasteiger partial charge in [0, 0.05) is 31.6 Å². The fourth-order valence-corrected chi connectivity index (χ4v) is 2.90. The van der Waals surface area contributed by atoms with E-state index in [1.165, 1.54) is 4.90 Å². The molecule has 2 aliphatic rings. The number of hydrogen-bond acceptors (Lipinski definition) is 5. The summed E-state index contributed by atoms with van der Waals surface area (Å²) in [6.45, 7) is 0.796. The molecule has 3 amide bonds. The summed E-state index contributed by atoms with van der Waals surface area (Å²) in [5.41, 5.74) is 1.37. The van der Waals surface area contributed by atoms with Gasteiger partial charge in [-0.15, -0.1) is 0 Å². The number of hydrogen-bond donors (Lipinski definition) is 2. The SMILES string of the molecule is O=C1CCC(N2Cc3cc(OCCCO)ccc3C2=O)C(=O)N1. The van der Waals surface area contributed by atoms with E-state index < -0.39 is 11.9 Å². The number of fused-ring (bicyclic) bond motifs is 1. The van der Waals surface area contributed by atoms with E-state index in [-0.39, 0.29) is 24.8 Å². The maximum atomic E-state index is 12.5. The highest BCUT2D eigenvalue weighted by Gasteiger charge is 2.39. The van der Waals surface area contributed by atoms with Gasteiger partial charge in [-0.05, 0) is 30.2 Å². The summed E-state index contributed by atoms with van der Waals surface area (Å²) in [5.74, 6) is -0.275. The maximum absolute atomic E-state index is 12.5. The van der Waals surface area contributed by atoms with Crippen molar-refractivity contribution in [3.05, 3.63) is 29.3 Å². The van der Waals surface area contributed by atoms with Crippen LogP contribution in [-0.4, -0.2) is 47.0 Å². The van der Waals surface area contributed by atoms with Crippen LogP contribution in [0.4, 0.5) is 0 Å². The fourth-order valence-electron chi connectivity index (χ4n) is 2.90. The third kappa shape index (κ3) is 3.05. The molecule has 0 aliphatic carbocycles. The average molecular weight is 318 g/mol. The number of rotatable bonds is 5. The molecule has 1 fully saturated rings. The van der Waals surface area contributed by atoms with Gasteiger partial charge in [-0.2, -0.15) is 0 Å². The molecule has 0 radical (unpaired) electrons. The molecule has 1 aromatic rings. The molecule has 2 heterocycles. The van der Waals surface area contributed by atoms with E-state index >= 15 is 0 Å². The van der Waals surface area contributed by atoms with Gasteiger partial charge in [0.25, 0.3) is 5.91 Å². The molecule has 7 heteroatoms. The van der Waals surface area contributed by atoms with Crippen molar-refractivity contribution in [2.45, 2.75) is 31.8 Å². The highest BCUT2D eigenvalue weighted by molar-refractivity contribution is 6.05. The number of carbonyl (C=O) groups excluding carboxylic acids is 3. The van der Waals surface area contributed by atoms with Crippen LogP contribution in [0.5, 0.6) is 5.75 Å². The molecule has 1 unspecified atom stereocenters. The molecular formula is C16H18N2O5. The normalized spacial score (nSPS) is 20.5. The summed E-state index contributed by atoms with van der Waals surface area (Å²) in [6, 6.07) is 4.59. The van der Waals surface area contributed by atoms with E-state index in [2.05, 4.69) is 5.32 Å². The summed E-state index contributed by atoms with van der Waals surface area (Å²) in [4.78, 5) is 37.2. The number of imide groups is 1. The first kappa shape index (κ1) is 15.5. The van der Waals surface area contributed by atoms with Crippen LogP contribution in [0.3, 0.4) is 0 Å². The third-order valence-corrected chi connectivity index (χ3v) is 4.07. The Bertz CT molecular complexity index is 658. The Labute approximate surface area is 133 Å². The summed E-state index contributed by atoms with van der Waals surface area (Å²) in [6.07, 6.45) is 1.13. The summed E-state index contributed by atoms with van der Waals surface area (Å²) < 4.78 is 5.51. The van der Waals surface area contributed by atoms with Crippen molar-refractivity contribution >= 4 is 17.7 Å². The molecule has 0 bridgehead atoms. The molecular weight excluding hydrogens is 300 g/mol. The zero-order valence-electron chi connectivity index (χ0n) is 12.6. The number of amides is 3. The van der Waals surface area contributed by atoms with Crippen LogP contribution >= 0.6 is 0 Å². The van der Waals surface area contributed by atoms with Crippen LogP contribution in [0.25, 0.3) is 0 Å². The van der Waals surface area contributed by atoms with Crippen molar-refractivity contribution in [1.82, 2.24) is 10.2 Å². The maximum Gasteiger partial charge on any atom is 0.255 e. The summed E-state index contributed by atoms with van der Waals surface area (Å²) in [5, 5.41) is 11.0. The average Bonchev–Trinajstić information content (AvgIpc) is 2.84. The van der Waals surface area contributed by atoms with Gasteiger partial charge in [-0.3, -0.25) is 19.7 Å². The Morgan fingerprint density at radius 2 is 2.13 bits per heavy atom. The van der Waals surface area contributed by atoms with Crippen molar-refractivity contribution in [2.75, 3.05) is 13.2 Å². The van der Waals surface area contributed by atoms with E-state index in [0.717, 1.165) is 5.56 Å². The largest absolute Gasteiger partial charge is 0.493 e. The number of nitrogens with zero attached hydrogens (tertiary/aromatic N) is 1. The first-order valence-electron chi connectivity index (χ1n) is 7.61. The second kappa shape index (κ2) is 6.37. The second-order valence-electron chi connectivity index (χ2n) is 5.64. The first-order valence-corrected chi connectivity index (χ1v) is 7.61. The highest BCUT2D eigenvalue weighted by Crippen LogP contribution is 2.30. The number of carbonyl (C=O) groups is 3. The Morgan fingerprint density at radius 1 is 1.30 bits per heavy atom. The molecule has 0 saturated carbocycles. The number of piperidine rings is 1. The van der Waals surface area contributed by atoms with Crippen molar-refractivity contribution in [3.8, 4) is 5.75 Å². The number of aliphatic hydroxyl groups excluding tert-OH is 1. The lowest BCUT2D eigenvalue weighted by molar-refractivity contribution is -0.136. The molecule has 3 rings (SSSR count). The minimum atomic E-state index is -0.605. The van der Waals surface area contributed by atoms with Gasteiger partial charge in [0.05, 0.1) is 6.61 Å². The molecule has 122 valence electrons.